The Balaban J connectivity index is 1.95. The number of rotatable bonds is 4. The van der Waals surface area contributed by atoms with Crippen molar-refractivity contribution >= 4 is 17.7 Å². The maximum Gasteiger partial charge on any atom is 0.355 e. The lowest BCUT2D eigenvalue weighted by molar-refractivity contribution is -0.136. The van der Waals surface area contributed by atoms with E-state index in [1.54, 1.807) is 6.07 Å². The summed E-state index contributed by atoms with van der Waals surface area (Å²) in [5.74, 6) is -1.60. The Morgan fingerprint density at radius 3 is 2.70 bits per heavy atom. The fourth-order valence-corrected chi connectivity index (χ4v) is 2.88. The summed E-state index contributed by atoms with van der Waals surface area (Å²) in [5.41, 5.74) is 0.404. The quantitative estimate of drug-likeness (QED) is 0.547. The summed E-state index contributed by atoms with van der Waals surface area (Å²) in [5, 5.41) is 14.0. The van der Waals surface area contributed by atoms with Crippen LogP contribution >= 0.6 is 0 Å². The molecule has 0 saturated carbocycles. The Hall–Kier alpha value is -3.82. The van der Waals surface area contributed by atoms with E-state index in [0.29, 0.717) is 5.56 Å². The van der Waals surface area contributed by atoms with Crippen LogP contribution in [-0.4, -0.2) is 39.1 Å². The number of anilines is 1. The number of hydrogen-bond donors (Lipinski definition) is 1. The first-order chi connectivity index (χ1) is 13.1. The van der Waals surface area contributed by atoms with E-state index in [4.69, 9.17) is 9.15 Å². The molecule has 0 saturated heterocycles. The van der Waals surface area contributed by atoms with Crippen molar-refractivity contribution in [3.8, 4) is 0 Å². The number of furan rings is 1. The number of nitrogens with zero attached hydrogens (tertiary/aromatic N) is 4. The largest absolute Gasteiger partial charge is 0.464 e. The van der Waals surface area contributed by atoms with Gasteiger partial charge >= 0.3 is 5.97 Å². The molecule has 4 rings (SSSR count). The van der Waals surface area contributed by atoms with Crippen molar-refractivity contribution < 1.29 is 23.1 Å². The Labute approximate surface area is 151 Å². The molecule has 1 aromatic carbocycles. The number of Topliss-reactive ketones (excluding diaryl/α,β-unsaturated/α-hetero) is 1. The first-order valence-electron chi connectivity index (χ1n) is 7.81. The number of hydrogen-bond acceptors (Lipinski definition) is 8. The van der Waals surface area contributed by atoms with Crippen molar-refractivity contribution in [1.82, 2.24) is 20.2 Å². The number of benzene rings is 1. The highest BCUT2D eigenvalue weighted by Crippen LogP contribution is 2.36. The number of aromatic nitrogens is 4. The van der Waals surface area contributed by atoms with Gasteiger partial charge in [0.25, 0.3) is 0 Å². The molecule has 0 bridgehead atoms. The minimum Gasteiger partial charge on any atom is -0.464 e. The third-order valence-corrected chi connectivity index (χ3v) is 4.08. The minimum absolute atomic E-state index is 0.0169. The van der Waals surface area contributed by atoms with Crippen LogP contribution in [-0.2, 0) is 9.53 Å². The molecule has 0 radical (unpaired) electrons. The number of ether oxygens (including phenoxy) is 1. The van der Waals surface area contributed by atoms with E-state index >= 15 is 0 Å². The molecule has 10 heteroatoms. The zero-order valence-electron chi connectivity index (χ0n) is 13.9. The molecule has 1 aliphatic heterocycles. The lowest BCUT2D eigenvalue weighted by Crippen LogP contribution is -2.32. The number of tetrazole rings is 1. The average Bonchev–Trinajstić information content (AvgIpc) is 3.37. The van der Waals surface area contributed by atoms with E-state index in [1.165, 1.54) is 48.4 Å². The van der Waals surface area contributed by atoms with Gasteiger partial charge in [-0.3, -0.25) is 4.79 Å². The van der Waals surface area contributed by atoms with Gasteiger partial charge in [0.1, 0.15) is 17.6 Å². The number of carbonyl (C=O) groups is 2. The first-order valence-corrected chi connectivity index (χ1v) is 7.81. The van der Waals surface area contributed by atoms with Gasteiger partial charge in [0.05, 0.1) is 18.9 Å². The van der Waals surface area contributed by atoms with Gasteiger partial charge in [0, 0.05) is 0 Å². The van der Waals surface area contributed by atoms with E-state index < -0.39 is 23.6 Å². The molecule has 0 amide bonds. The predicted molar refractivity (Wildman–Crippen MR) is 88.1 cm³/mol. The lowest BCUT2D eigenvalue weighted by atomic mass is 9.91. The number of ketones is 1. The Morgan fingerprint density at radius 2 is 2.04 bits per heavy atom. The highest BCUT2D eigenvalue weighted by atomic mass is 19.1. The van der Waals surface area contributed by atoms with Crippen molar-refractivity contribution in [1.29, 1.82) is 0 Å². The van der Waals surface area contributed by atoms with Crippen LogP contribution in [0, 0.1) is 5.82 Å². The standard InChI is InChI=1S/C17H12FN5O4/c1-26-16(25)13-12(15(24)11-3-2-8-27-11)14(9-4-6-10(18)7-5-9)23-17(19-13)20-21-22-23/h2-8,14H,1H3,(H,19,20,22)/t14-/m0/s1. The molecule has 3 heterocycles. The smallest absolute Gasteiger partial charge is 0.355 e. The summed E-state index contributed by atoms with van der Waals surface area (Å²) >= 11 is 0. The molecule has 27 heavy (non-hydrogen) atoms. The van der Waals surface area contributed by atoms with Crippen LogP contribution in [0.3, 0.4) is 0 Å². The molecular weight excluding hydrogens is 357 g/mol. The third-order valence-electron chi connectivity index (χ3n) is 4.08. The number of esters is 1. The van der Waals surface area contributed by atoms with Gasteiger partial charge in [-0.2, -0.15) is 4.68 Å². The van der Waals surface area contributed by atoms with Crippen molar-refractivity contribution in [2.24, 2.45) is 0 Å². The monoisotopic (exact) mass is 369 g/mol. The van der Waals surface area contributed by atoms with Gasteiger partial charge in [0.15, 0.2) is 5.76 Å². The Bertz CT molecular complexity index is 1040. The SMILES string of the molecule is COC(=O)C1=C(C(=O)c2ccco2)[C@H](c2ccc(F)cc2)n2nnnc2N1. The number of methoxy groups -OCH3 is 1. The molecule has 1 N–H and O–H groups in total. The highest BCUT2D eigenvalue weighted by molar-refractivity contribution is 6.13. The van der Waals surface area contributed by atoms with E-state index in [1.807, 2.05) is 0 Å². The number of carbonyl (C=O) groups excluding carboxylic acids is 2. The van der Waals surface area contributed by atoms with Crippen LogP contribution in [0.15, 0.2) is 58.3 Å². The molecule has 136 valence electrons. The van der Waals surface area contributed by atoms with Gasteiger partial charge in [-0.1, -0.05) is 17.2 Å². The van der Waals surface area contributed by atoms with Gasteiger partial charge in [-0.05, 0) is 40.3 Å². The van der Waals surface area contributed by atoms with Crippen LogP contribution in [0.25, 0.3) is 0 Å². The molecule has 1 atom stereocenters. The van der Waals surface area contributed by atoms with Gasteiger partial charge in [-0.15, -0.1) is 0 Å². The van der Waals surface area contributed by atoms with Crippen molar-refractivity contribution in [2.75, 3.05) is 12.4 Å². The molecule has 9 nitrogen and oxygen atoms in total. The van der Waals surface area contributed by atoms with E-state index in [9.17, 15) is 14.0 Å². The minimum atomic E-state index is -0.886. The maximum atomic E-state index is 13.4. The zero-order valence-corrected chi connectivity index (χ0v) is 13.9. The summed E-state index contributed by atoms with van der Waals surface area (Å²) < 4.78 is 24.7. The van der Waals surface area contributed by atoms with Crippen LogP contribution in [0.4, 0.5) is 10.3 Å². The number of halogens is 1. The lowest BCUT2D eigenvalue weighted by Gasteiger charge is -2.27. The topological polar surface area (TPSA) is 112 Å². The second-order valence-corrected chi connectivity index (χ2v) is 5.61. The maximum absolute atomic E-state index is 13.4. The fraction of sp³-hybridized carbons (Fsp3) is 0.118. The van der Waals surface area contributed by atoms with Gasteiger partial charge in [0.2, 0.25) is 11.7 Å². The molecule has 0 spiro atoms. The number of nitrogens with one attached hydrogen (secondary N) is 1. The molecule has 0 fully saturated rings. The summed E-state index contributed by atoms with van der Waals surface area (Å²) in [6.07, 6.45) is 1.34. The van der Waals surface area contributed by atoms with E-state index in [0.717, 1.165) is 0 Å². The van der Waals surface area contributed by atoms with Crippen molar-refractivity contribution in [3.63, 3.8) is 0 Å². The second kappa shape index (κ2) is 6.48. The van der Waals surface area contributed by atoms with Crippen molar-refractivity contribution in [3.05, 3.63) is 71.1 Å². The normalized spacial score (nSPS) is 15.9. The van der Waals surface area contributed by atoms with E-state index in [2.05, 4.69) is 20.8 Å². The van der Waals surface area contributed by atoms with E-state index in [-0.39, 0.29) is 23.0 Å². The van der Waals surface area contributed by atoms with Crippen LogP contribution in [0.2, 0.25) is 0 Å². The fourth-order valence-electron chi connectivity index (χ4n) is 2.88. The molecule has 2 aromatic heterocycles. The summed E-state index contributed by atoms with van der Waals surface area (Å²) in [7, 11) is 1.19. The third kappa shape index (κ3) is 2.76. The zero-order chi connectivity index (χ0) is 19.0. The van der Waals surface area contributed by atoms with Crippen molar-refractivity contribution in [2.45, 2.75) is 6.04 Å². The van der Waals surface area contributed by atoms with Gasteiger partial charge in [-0.25, -0.2) is 9.18 Å². The average molecular weight is 369 g/mol. The molecule has 3 aromatic rings. The molecule has 0 aliphatic carbocycles. The number of allylic oxidation sites excluding steroid dienone is 1. The summed E-state index contributed by atoms with van der Waals surface area (Å²) in [4.78, 5) is 25.5. The first kappa shape index (κ1) is 16.6. The van der Waals surface area contributed by atoms with Crippen LogP contribution < -0.4 is 5.32 Å². The predicted octanol–water partition coefficient (Wildman–Crippen LogP) is 1.73. The molecular formula is C17H12FN5O4. The summed E-state index contributed by atoms with van der Waals surface area (Å²) in [6, 6.07) is 7.60. The van der Waals surface area contributed by atoms with Crippen LogP contribution in [0.1, 0.15) is 22.2 Å². The van der Waals surface area contributed by atoms with Gasteiger partial charge < -0.3 is 14.5 Å². The number of fused-ring (bicyclic) bond motifs is 1. The molecule has 0 unspecified atom stereocenters. The second-order valence-electron chi connectivity index (χ2n) is 5.61. The Kier molecular flexibility index (Phi) is 3.99. The van der Waals surface area contributed by atoms with Crippen LogP contribution in [0.5, 0.6) is 0 Å². The summed E-state index contributed by atoms with van der Waals surface area (Å²) in [6.45, 7) is 0. The Morgan fingerprint density at radius 1 is 1.26 bits per heavy atom. The molecule has 1 aliphatic rings. The highest BCUT2D eigenvalue weighted by Gasteiger charge is 2.39.